The molecule has 0 aliphatic rings. The van der Waals surface area contributed by atoms with Gasteiger partial charge in [0.2, 0.25) is 0 Å². The van der Waals surface area contributed by atoms with Crippen LogP contribution in [-0.4, -0.2) is 19.1 Å². The number of fused-ring (bicyclic) bond motifs is 1. The summed E-state index contributed by atoms with van der Waals surface area (Å²) in [6, 6.07) is 6.03. The third-order valence-corrected chi connectivity index (χ3v) is 3.31. The first-order chi connectivity index (χ1) is 8.31. The Balaban J connectivity index is 2.32. The maximum Gasteiger partial charge on any atom is 0.162 e. The van der Waals surface area contributed by atoms with Crippen molar-refractivity contribution in [1.82, 2.24) is 19.1 Å². The predicted molar refractivity (Wildman–Crippen MR) is 67.5 cm³/mol. The minimum atomic E-state index is 0.489. The molecule has 3 aromatic rings. The molecule has 0 saturated carbocycles. The molecule has 0 aliphatic heterocycles. The third-order valence-electron chi connectivity index (χ3n) is 2.80. The summed E-state index contributed by atoms with van der Waals surface area (Å²) in [5, 5.41) is 5.94. The Bertz CT molecular complexity index is 656. The van der Waals surface area contributed by atoms with E-state index < -0.39 is 0 Å². The summed E-state index contributed by atoms with van der Waals surface area (Å²) in [6.45, 7) is 0.489. The topological polar surface area (TPSA) is 69.6 Å². The molecule has 86 valence electrons. The van der Waals surface area contributed by atoms with Gasteiger partial charge in [-0.15, -0.1) is 5.10 Å². The Labute approximate surface area is 102 Å². The van der Waals surface area contributed by atoms with Crippen LogP contribution >= 0.6 is 11.5 Å². The highest BCUT2D eigenvalue weighted by molar-refractivity contribution is 7.03. The first-order valence-electron chi connectivity index (χ1n) is 5.23. The van der Waals surface area contributed by atoms with Gasteiger partial charge in [0.25, 0.3) is 0 Å². The van der Waals surface area contributed by atoms with Gasteiger partial charge in [-0.3, -0.25) is 0 Å². The maximum absolute atomic E-state index is 5.72. The Morgan fingerprint density at radius 1 is 1.41 bits per heavy atom. The zero-order chi connectivity index (χ0) is 11.8. The fraction of sp³-hybridized carbons (Fsp3) is 0.182. The van der Waals surface area contributed by atoms with Crippen molar-refractivity contribution in [3.8, 4) is 11.5 Å². The molecule has 0 spiro atoms. The van der Waals surface area contributed by atoms with Crippen molar-refractivity contribution < 1.29 is 0 Å². The molecule has 0 aliphatic carbocycles. The Morgan fingerprint density at radius 2 is 2.29 bits per heavy atom. The lowest BCUT2D eigenvalue weighted by Gasteiger charge is -1.99. The van der Waals surface area contributed by atoms with Gasteiger partial charge in [0.05, 0.1) is 11.0 Å². The molecule has 5 nitrogen and oxygen atoms in total. The Morgan fingerprint density at radius 3 is 3.00 bits per heavy atom. The summed E-state index contributed by atoms with van der Waals surface area (Å²) >= 11 is 1.32. The van der Waals surface area contributed by atoms with Crippen LogP contribution < -0.4 is 5.73 Å². The van der Waals surface area contributed by atoms with Gasteiger partial charge in [-0.05, 0) is 23.2 Å². The number of nitrogens with two attached hydrogens (primary N) is 1. The zero-order valence-corrected chi connectivity index (χ0v) is 10.1. The number of hydrogen-bond acceptors (Lipinski definition) is 5. The SMILES string of the molecule is Cn1c(-c2csnn2)nc2c(CN)cccc21. The lowest BCUT2D eigenvalue weighted by atomic mass is 10.2. The van der Waals surface area contributed by atoms with Crippen molar-refractivity contribution in [2.75, 3.05) is 0 Å². The van der Waals surface area contributed by atoms with E-state index in [1.165, 1.54) is 11.5 Å². The van der Waals surface area contributed by atoms with E-state index in [0.29, 0.717) is 6.54 Å². The van der Waals surface area contributed by atoms with Crippen LogP contribution in [0.2, 0.25) is 0 Å². The van der Waals surface area contributed by atoms with Crippen LogP contribution in [-0.2, 0) is 13.6 Å². The lowest BCUT2D eigenvalue weighted by molar-refractivity contribution is 0.946. The monoisotopic (exact) mass is 245 g/mol. The van der Waals surface area contributed by atoms with Crippen molar-refractivity contribution in [1.29, 1.82) is 0 Å². The van der Waals surface area contributed by atoms with Gasteiger partial charge >= 0.3 is 0 Å². The highest BCUT2D eigenvalue weighted by Crippen LogP contribution is 2.24. The highest BCUT2D eigenvalue weighted by Gasteiger charge is 2.13. The molecular formula is C11H11N5S. The Kier molecular flexibility index (Phi) is 2.38. The van der Waals surface area contributed by atoms with Gasteiger partial charge in [0, 0.05) is 19.0 Å². The summed E-state index contributed by atoms with van der Waals surface area (Å²) in [7, 11) is 1.98. The van der Waals surface area contributed by atoms with Crippen LogP contribution in [0.15, 0.2) is 23.6 Å². The molecular weight excluding hydrogens is 234 g/mol. The van der Waals surface area contributed by atoms with Crippen LogP contribution in [0.1, 0.15) is 5.56 Å². The van der Waals surface area contributed by atoms with Crippen LogP contribution in [0.25, 0.3) is 22.6 Å². The van der Waals surface area contributed by atoms with Gasteiger partial charge in [0.1, 0.15) is 5.69 Å². The highest BCUT2D eigenvalue weighted by atomic mass is 32.1. The van der Waals surface area contributed by atoms with Crippen molar-refractivity contribution in [3.63, 3.8) is 0 Å². The number of hydrogen-bond donors (Lipinski definition) is 1. The smallest absolute Gasteiger partial charge is 0.162 e. The summed E-state index contributed by atoms with van der Waals surface area (Å²) in [6.07, 6.45) is 0. The summed E-state index contributed by atoms with van der Waals surface area (Å²) in [4.78, 5) is 4.61. The molecule has 1 aromatic carbocycles. The Hall–Kier alpha value is -1.79. The second-order valence-electron chi connectivity index (χ2n) is 3.77. The van der Waals surface area contributed by atoms with E-state index >= 15 is 0 Å². The van der Waals surface area contributed by atoms with Gasteiger partial charge < -0.3 is 10.3 Å². The van der Waals surface area contributed by atoms with Crippen LogP contribution in [0.3, 0.4) is 0 Å². The summed E-state index contributed by atoms with van der Waals surface area (Å²) < 4.78 is 5.89. The summed E-state index contributed by atoms with van der Waals surface area (Å²) in [5.74, 6) is 0.828. The average Bonchev–Trinajstić information content (AvgIpc) is 2.97. The molecule has 17 heavy (non-hydrogen) atoms. The summed E-state index contributed by atoms with van der Waals surface area (Å²) in [5.41, 5.74) is 9.58. The van der Waals surface area contributed by atoms with Crippen molar-refractivity contribution in [2.45, 2.75) is 6.54 Å². The molecule has 0 unspecified atom stereocenters. The van der Waals surface area contributed by atoms with Crippen molar-refractivity contribution in [3.05, 3.63) is 29.1 Å². The quantitative estimate of drug-likeness (QED) is 0.743. The van der Waals surface area contributed by atoms with Crippen molar-refractivity contribution >= 4 is 22.6 Å². The molecule has 0 amide bonds. The van der Waals surface area contributed by atoms with Crippen LogP contribution in [0.4, 0.5) is 0 Å². The maximum atomic E-state index is 5.72. The van der Waals surface area contributed by atoms with E-state index in [9.17, 15) is 0 Å². The van der Waals surface area contributed by atoms with Crippen molar-refractivity contribution in [2.24, 2.45) is 12.8 Å². The average molecular weight is 245 g/mol. The zero-order valence-electron chi connectivity index (χ0n) is 9.29. The first kappa shape index (κ1) is 10.4. The fourth-order valence-corrected chi connectivity index (χ4v) is 2.36. The first-order valence-corrected chi connectivity index (χ1v) is 6.06. The van der Waals surface area contributed by atoms with Crippen LogP contribution in [0, 0.1) is 0 Å². The number of imidazole rings is 1. The number of benzene rings is 1. The van der Waals surface area contributed by atoms with E-state index in [-0.39, 0.29) is 0 Å². The minimum absolute atomic E-state index is 0.489. The van der Waals surface area contributed by atoms with Gasteiger partial charge in [0.15, 0.2) is 5.82 Å². The minimum Gasteiger partial charge on any atom is -0.326 e. The second kappa shape index (κ2) is 3.90. The van der Waals surface area contributed by atoms with E-state index in [1.807, 2.05) is 35.2 Å². The molecule has 3 rings (SSSR count). The number of aromatic nitrogens is 4. The van der Waals surface area contributed by atoms with Gasteiger partial charge in [-0.25, -0.2) is 4.98 Å². The molecule has 0 fully saturated rings. The molecule has 2 N–H and O–H groups in total. The van der Waals surface area contributed by atoms with E-state index in [0.717, 1.165) is 28.1 Å². The standard InChI is InChI=1S/C11H11N5S/c1-16-9-4-2-3-7(5-12)10(9)13-11(16)8-6-17-15-14-8/h2-4,6H,5,12H2,1H3. The van der Waals surface area contributed by atoms with Crippen LogP contribution in [0.5, 0.6) is 0 Å². The third kappa shape index (κ3) is 1.53. The molecule has 2 aromatic heterocycles. The molecule has 2 heterocycles. The fourth-order valence-electron chi connectivity index (χ4n) is 1.93. The normalized spacial score (nSPS) is 11.2. The number of nitrogens with zero attached hydrogens (tertiary/aromatic N) is 4. The molecule has 0 radical (unpaired) electrons. The molecule has 0 saturated heterocycles. The number of para-hydroxylation sites is 1. The predicted octanol–water partition coefficient (Wildman–Crippen LogP) is 1.55. The molecule has 0 atom stereocenters. The van der Waals surface area contributed by atoms with Gasteiger partial charge in [-0.2, -0.15) is 0 Å². The van der Waals surface area contributed by atoms with E-state index in [2.05, 4.69) is 14.6 Å². The van der Waals surface area contributed by atoms with Gasteiger partial charge in [-0.1, -0.05) is 16.6 Å². The number of rotatable bonds is 2. The lowest BCUT2D eigenvalue weighted by Crippen LogP contribution is -1.97. The molecule has 0 bridgehead atoms. The second-order valence-corrected chi connectivity index (χ2v) is 4.38. The largest absolute Gasteiger partial charge is 0.326 e. The van der Waals surface area contributed by atoms with E-state index in [1.54, 1.807) is 0 Å². The molecule has 6 heteroatoms. The van der Waals surface area contributed by atoms with E-state index in [4.69, 9.17) is 5.73 Å². The number of aryl methyl sites for hydroxylation is 1.